The van der Waals surface area contributed by atoms with Gasteiger partial charge in [0.05, 0.1) is 5.11 Å². The zero-order valence-corrected chi connectivity index (χ0v) is 9.43. The van der Waals surface area contributed by atoms with Crippen molar-refractivity contribution >= 4 is 21.6 Å². The average molecular weight is 218 g/mol. The highest BCUT2D eigenvalue weighted by Crippen LogP contribution is 2.27. The quantitative estimate of drug-likeness (QED) is 0.597. The lowest BCUT2D eigenvalue weighted by atomic mass is 10.2. The number of aliphatic carboxylic acids is 1. The summed E-state index contributed by atoms with van der Waals surface area (Å²) in [6, 6.07) is 0. The number of hydrogen-bond donors (Lipinski definition) is 3. The van der Waals surface area contributed by atoms with Gasteiger partial charge in [0.2, 0.25) is 0 Å². The first-order valence-electron chi connectivity index (χ1n) is 4.81. The summed E-state index contributed by atoms with van der Waals surface area (Å²) in [7, 11) is -0.277. The van der Waals surface area contributed by atoms with E-state index in [9.17, 15) is 4.79 Å². The molecule has 0 spiro atoms. The van der Waals surface area contributed by atoms with Crippen LogP contribution in [0.1, 0.15) is 20.3 Å². The van der Waals surface area contributed by atoms with Crippen molar-refractivity contribution < 1.29 is 9.90 Å². The van der Waals surface area contributed by atoms with Crippen molar-refractivity contribution in [1.82, 2.24) is 5.32 Å². The molecule has 2 unspecified atom stereocenters. The lowest BCUT2D eigenvalue weighted by Crippen LogP contribution is -2.29. The van der Waals surface area contributed by atoms with Gasteiger partial charge in [0.1, 0.15) is 5.25 Å². The van der Waals surface area contributed by atoms with Crippen LogP contribution in [-0.2, 0) is 4.79 Å². The molecule has 0 aromatic carbocycles. The molecule has 0 saturated heterocycles. The Morgan fingerprint density at radius 2 is 2.43 bits per heavy atom. The third kappa shape index (κ3) is 2.80. The molecule has 1 aliphatic heterocycles. The van der Waals surface area contributed by atoms with Crippen LogP contribution in [0.25, 0.3) is 0 Å². The van der Waals surface area contributed by atoms with Gasteiger partial charge in [-0.05, 0) is 18.1 Å². The molecule has 0 saturated carbocycles. The molecule has 0 bridgehead atoms. The lowest BCUT2D eigenvalue weighted by molar-refractivity contribution is -0.136. The molecule has 14 heavy (non-hydrogen) atoms. The van der Waals surface area contributed by atoms with E-state index in [0.29, 0.717) is 17.6 Å². The van der Waals surface area contributed by atoms with E-state index in [1.807, 2.05) is 0 Å². The molecule has 1 rings (SSSR count). The highest BCUT2D eigenvalue weighted by Gasteiger charge is 2.28. The van der Waals surface area contributed by atoms with Gasteiger partial charge in [-0.1, -0.05) is 13.8 Å². The first-order valence-corrected chi connectivity index (χ1v) is 6.27. The van der Waals surface area contributed by atoms with Crippen LogP contribution in [-0.4, -0.2) is 33.7 Å². The Morgan fingerprint density at radius 1 is 1.79 bits per heavy atom. The van der Waals surface area contributed by atoms with Crippen molar-refractivity contribution in [2.24, 2.45) is 11.7 Å². The minimum absolute atomic E-state index is 0.277. The van der Waals surface area contributed by atoms with Crippen molar-refractivity contribution in [3.63, 3.8) is 0 Å². The second-order valence-corrected chi connectivity index (χ2v) is 6.16. The first kappa shape index (κ1) is 11.7. The predicted molar refractivity (Wildman–Crippen MR) is 60.5 cm³/mol. The Morgan fingerprint density at radius 3 is 2.93 bits per heavy atom. The van der Waals surface area contributed by atoms with Gasteiger partial charge in [0.15, 0.2) is 0 Å². The third-order valence-corrected chi connectivity index (χ3v) is 4.72. The van der Waals surface area contributed by atoms with Crippen LogP contribution in [0.15, 0.2) is 0 Å². The van der Waals surface area contributed by atoms with Crippen LogP contribution >= 0.6 is 10.5 Å². The standard InChI is InChI=1S/C9H18N2O2S/c1-6(2)3-4-14-7(8(12)13)5-11-9(14)10/h6-7,11H,3-5,10H2,1-2H3,(H,12,13). The molecule has 0 aromatic heterocycles. The Bertz CT molecular complexity index is 264. The maximum atomic E-state index is 10.9. The monoisotopic (exact) mass is 218 g/mol. The summed E-state index contributed by atoms with van der Waals surface area (Å²) in [5.74, 6) is 0.767. The minimum atomic E-state index is -0.731. The van der Waals surface area contributed by atoms with Crippen LogP contribution in [0.4, 0.5) is 0 Å². The summed E-state index contributed by atoms with van der Waals surface area (Å²) in [6.45, 7) is 4.76. The number of nitrogens with two attached hydrogens (primary N) is 1. The Balaban J connectivity index is 2.62. The Labute approximate surface area is 86.8 Å². The second-order valence-electron chi connectivity index (χ2n) is 3.89. The highest BCUT2D eigenvalue weighted by atomic mass is 32.2. The van der Waals surface area contributed by atoms with Gasteiger partial charge >= 0.3 is 5.97 Å². The summed E-state index contributed by atoms with van der Waals surface area (Å²) in [5.41, 5.74) is 5.75. The van der Waals surface area contributed by atoms with Crippen molar-refractivity contribution in [3.05, 3.63) is 0 Å². The zero-order valence-electron chi connectivity index (χ0n) is 8.62. The van der Waals surface area contributed by atoms with Gasteiger partial charge in [-0.3, -0.25) is 15.8 Å². The number of rotatable bonds is 4. The van der Waals surface area contributed by atoms with Gasteiger partial charge in [-0.25, -0.2) is 0 Å². The maximum Gasteiger partial charge on any atom is 0.317 e. The predicted octanol–water partition coefficient (Wildman–Crippen LogP) is 0.404. The molecule has 4 nitrogen and oxygen atoms in total. The molecule has 5 heteroatoms. The molecule has 2 atom stereocenters. The SMILES string of the molecule is CC(C)CCS1=C(N)NCC1C(=O)O. The fourth-order valence-electron chi connectivity index (χ4n) is 1.36. The van der Waals surface area contributed by atoms with E-state index >= 15 is 0 Å². The second kappa shape index (κ2) is 4.91. The summed E-state index contributed by atoms with van der Waals surface area (Å²) < 4.78 is 0. The molecular formula is C9H18N2O2S. The van der Waals surface area contributed by atoms with Crippen LogP contribution in [0.3, 0.4) is 0 Å². The molecule has 0 fully saturated rings. The minimum Gasteiger partial charge on any atom is -0.480 e. The fraction of sp³-hybridized carbons (Fsp3) is 0.778. The fourth-order valence-corrected chi connectivity index (χ4v) is 3.70. The number of carboxylic acids is 1. The van der Waals surface area contributed by atoms with Crippen molar-refractivity contribution in [3.8, 4) is 0 Å². The highest BCUT2D eigenvalue weighted by molar-refractivity contribution is 8.17. The largest absolute Gasteiger partial charge is 0.480 e. The lowest BCUT2D eigenvalue weighted by Gasteiger charge is -2.12. The topological polar surface area (TPSA) is 75.3 Å². The Kier molecular flexibility index (Phi) is 4.10. The van der Waals surface area contributed by atoms with E-state index in [1.54, 1.807) is 0 Å². The third-order valence-electron chi connectivity index (χ3n) is 2.28. The molecule has 1 aliphatic rings. The maximum absolute atomic E-state index is 10.9. The van der Waals surface area contributed by atoms with Crippen LogP contribution in [0, 0.1) is 5.92 Å². The summed E-state index contributed by atoms with van der Waals surface area (Å²) in [6.07, 6.45) is 1.04. The van der Waals surface area contributed by atoms with Gasteiger partial charge in [-0.15, -0.1) is 10.5 Å². The number of nitrogens with one attached hydrogen (secondary N) is 1. The van der Waals surface area contributed by atoms with Crippen molar-refractivity contribution in [2.75, 3.05) is 12.3 Å². The van der Waals surface area contributed by atoms with E-state index in [4.69, 9.17) is 10.8 Å². The Hall–Kier alpha value is -0.390. The normalized spacial score (nSPS) is 27.3. The van der Waals surface area contributed by atoms with Crippen molar-refractivity contribution in [2.45, 2.75) is 25.5 Å². The van der Waals surface area contributed by atoms with E-state index in [1.165, 1.54) is 0 Å². The van der Waals surface area contributed by atoms with Gasteiger partial charge < -0.3 is 5.11 Å². The summed E-state index contributed by atoms with van der Waals surface area (Å²) >= 11 is 0. The van der Waals surface area contributed by atoms with Gasteiger partial charge in [0, 0.05) is 6.54 Å². The smallest absolute Gasteiger partial charge is 0.317 e. The van der Waals surface area contributed by atoms with Crippen LogP contribution < -0.4 is 11.1 Å². The molecule has 4 N–H and O–H groups in total. The van der Waals surface area contributed by atoms with E-state index in [2.05, 4.69) is 19.2 Å². The van der Waals surface area contributed by atoms with Crippen LogP contribution in [0.5, 0.6) is 0 Å². The number of carbonyl (C=O) groups is 1. The number of hydrogen-bond acceptors (Lipinski definition) is 3. The zero-order chi connectivity index (χ0) is 10.7. The molecule has 82 valence electrons. The summed E-state index contributed by atoms with van der Waals surface area (Å²) in [4.78, 5) is 10.9. The average Bonchev–Trinajstić information content (AvgIpc) is 2.43. The van der Waals surface area contributed by atoms with E-state index in [0.717, 1.165) is 12.2 Å². The molecular weight excluding hydrogens is 200 g/mol. The van der Waals surface area contributed by atoms with Crippen LogP contribution in [0.2, 0.25) is 0 Å². The van der Waals surface area contributed by atoms with E-state index < -0.39 is 5.97 Å². The molecule has 0 radical (unpaired) electrons. The van der Waals surface area contributed by atoms with E-state index in [-0.39, 0.29) is 15.7 Å². The first-order chi connectivity index (χ1) is 6.52. The van der Waals surface area contributed by atoms with Crippen molar-refractivity contribution in [1.29, 1.82) is 0 Å². The molecule has 0 aromatic rings. The van der Waals surface area contributed by atoms with Gasteiger partial charge in [-0.2, -0.15) is 0 Å². The molecule has 0 amide bonds. The molecule has 0 aliphatic carbocycles. The van der Waals surface area contributed by atoms with Gasteiger partial charge in [0.25, 0.3) is 0 Å². The number of carboxylic acid groups (broad SMARTS) is 1. The summed E-state index contributed by atoms with van der Waals surface area (Å²) in [5, 5.41) is 12.3. The molecule has 1 heterocycles.